The lowest BCUT2D eigenvalue weighted by Crippen LogP contribution is -2.10. The fourth-order valence-electron chi connectivity index (χ4n) is 1.83. The molecule has 2 aromatic heterocycles. The van der Waals surface area contributed by atoms with Gasteiger partial charge in [0.05, 0.1) is 24.3 Å². The van der Waals surface area contributed by atoms with Crippen LogP contribution < -0.4 is 11.1 Å². The predicted molar refractivity (Wildman–Crippen MR) is 71.2 cm³/mol. The number of imidazole rings is 1. The summed E-state index contributed by atoms with van der Waals surface area (Å²) in [5.74, 6) is 1.08. The smallest absolute Gasteiger partial charge is 0.222 e. The van der Waals surface area contributed by atoms with Gasteiger partial charge in [0, 0.05) is 11.3 Å². The minimum absolute atomic E-state index is 0.304. The van der Waals surface area contributed by atoms with Gasteiger partial charge in [0.25, 0.3) is 0 Å². The molecule has 6 heteroatoms. The first-order valence-electron chi connectivity index (χ1n) is 5.97. The highest BCUT2D eigenvalue weighted by molar-refractivity contribution is 5.49. The molecule has 6 nitrogen and oxygen atoms in total. The molecule has 0 aromatic carbocycles. The lowest BCUT2D eigenvalue weighted by molar-refractivity contribution is 0.959. The van der Waals surface area contributed by atoms with Crippen LogP contribution in [-0.4, -0.2) is 19.9 Å². The summed E-state index contributed by atoms with van der Waals surface area (Å²) in [6.45, 7) is 6.66. The molecule has 96 valence electrons. The number of nitrogens with two attached hydrogens (primary N) is 1. The number of nitrogen functional groups attached to an aromatic ring is 1. The largest absolute Gasteiger partial charge is 0.368 e. The molecule has 18 heavy (non-hydrogen) atoms. The standard InChI is InChI=1S/C12H18N6/c1-4-9-7(2)11(18-12(13)17-9)14-5-10-8(3)15-6-16-10/h6H,4-5H2,1-3H3,(H,15,16)(H3,13,14,17,18). The topological polar surface area (TPSA) is 92.5 Å². The molecule has 0 amide bonds. The molecule has 0 saturated carbocycles. The van der Waals surface area contributed by atoms with E-state index < -0.39 is 0 Å². The number of anilines is 2. The first kappa shape index (κ1) is 12.3. The Morgan fingerprint density at radius 1 is 1.28 bits per heavy atom. The monoisotopic (exact) mass is 246 g/mol. The molecule has 0 radical (unpaired) electrons. The molecular weight excluding hydrogens is 228 g/mol. The molecule has 0 atom stereocenters. The summed E-state index contributed by atoms with van der Waals surface area (Å²) >= 11 is 0. The van der Waals surface area contributed by atoms with Crippen LogP contribution in [0.15, 0.2) is 6.33 Å². The third-order valence-electron chi connectivity index (χ3n) is 2.96. The second-order valence-electron chi connectivity index (χ2n) is 4.18. The van der Waals surface area contributed by atoms with Gasteiger partial charge in [-0.2, -0.15) is 4.98 Å². The van der Waals surface area contributed by atoms with Gasteiger partial charge < -0.3 is 16.0 Å². The molecule has 0 bridgehead atoms. The summed E-state index contributed by atoms with van der Waals surface area (Å²) < 4.78 is 0. The van der Waals surface area contributed by atoms with E-state index in [4.69, 9.17) is 5.73 Å². The molecule has 0 aliphatic heterocycles. The molecule has 0 aliphatic carbocycles. The normalized spacial score (nSPS) is 10.6. The fourth-order valence-corrected chi connectivity index (χ4v) is 1.83. The predicted octanol–water partition coefficient (Wildman–Crippen LogP) is 1.57. The van der Waals surface area contributed by atoms with Crippen LogP contribution in [0.25, 0.3) is 0 Å². The Morgan fingerprint density at radius 3 is 2.67 bits per heavy atom. The SMILES string of the molecule is CCc1nc(N)nc(NCc2nc[nH]c2C)c1C. The Bertz CT molecular complexity index is 545. The van der Waals surface area contributed by atoms with Crippen LogP contribution in [0.4, 0.5) is 11.8 Å². The number of aromatic amines is 1. The van der Waals surface area contributed by atoms with Gasteiger partial charge in [-0.05, 0) is 20.3 Å². The number of nitrogens with zero attached hydrogens (tertiary/aromatic N) is 3. The Morgan fingerprint density at radius 2 is 2.06 bits per heavy atom. The van der Waals surface area contributed by atoms with E-state index >= 15 is 0 Å². The van der Waals surface area contributed by atoms with Crippen molar-refractivity contribution in [1.29, 1.82) is 0 Å². The lowest BCUT2D eigenvalue weighted by Gasteiger charge is -2.11. The van der Waals surface area contributed by atoms with Gasteiger partial charge in [0.2, 0.25) is 5.95 Å². The molecule has 2 heterocycles. The first-order chi connectivity index (χ1) is 8.61. The van der Waals surface area contributed by atoms with Crippen LogP contribution in [0.2, 0.25) is 0 Å². The van der Waals surface area contributed by atoms with E-state index in [1.165, 1.54) is 0 Å². The maximum atomic E-state index is 5.70. The highest BCUT2D eigenvalue weighted by Gasteiger charge is 2.09. The van der Waals surface area contributed by atoms with Crippen LogP contribution >= 0.6 is 0 Å². The molecule has 0 fully saturated rings. The molecule has 0 spiro atoms. The zero-order valence-electron chi connectivity index (χ0n) is 10.9. The quantitative estimate of drug-likeness (QED) is 0.761. The lowest BCUT2D eigenvalue weighted by atomic mass is 10.2. The van der Waals surface area contributed by atoms with Gasteiger partial charge in [0.15, 0.2) is 0 Å². The summed E-state index contributed by atoms with van der Waals surface area (Å²) in [4.78, 5) is 15.7. The van der Waals surface area contributed by atoms with E-state index in [9.17, 15) is 0 Å². The number of aryl methyl sites for hydroxylation is 2. The van der Waals surface area contributed by atoms with Gasteiger partial charge in [0.1, 0.15) is 5.82 Å². The van der Waals surface area contributed by atoms with Crippen LogP contribution in [0, 0.1) is 13.8 Å². The molecule has 0 aliphatic rings. The molecular formula is C12H18N6. The van der Waals surface area contributed by atoms with Crippen molar-refractivity contribution in [3.05, 3.63) is 29.0 Å². The van der Waals surface area contributed by atoms with Crippen molar-refractivity contribution in [2.75, 3.05) is 11.1 Å². The average Bonchev–Trinajstić information content (AvgIpc) is 2.75. The Balaban J connectivity index is 2.19. The third-order valence-corrected chi connectivity index (χ3v) is 2.96. The van der Waals surface area contributed by atoms with Gasteiger partial charge >= 0.3 is 0 Å². The molecule has 4 N–H and O–H groups in total. The minimum atomic E-state index is 0.304. The fraction of sp³-hybridized carbons (Fsp3) is 0.417. The zero-order valence-corrected chi connectivity index (χ0v) is 10.9. The molecule has 0 unspecified atom stereocenters. The van der Waals surface area contributed by atoms with Crippen molar-refractivity contribution in [2.24, 2.45) is 0 Å². The molecule has 0 saturated heterocycles. The second-order valence-corrected chi connectivity index (χ2v) is 4.18. The first-order valence-corrected chi connectivity index (χ1v) is 5.97. The second kappa shape index (κ2) is 5.03. The maximum Gasteiger partial charge on any atom is 0.222 e. The van der Waals surface area contributed by atoms with Gasteiger partial charge in [-0.1, -0.05) is 6.92 Å². The van der Waals surface area contributed by atoms with Gasteiger partial charge in [-0.3, -0.25) is 0 Å². The van der Waals surface area contributed by atoms with Gasteiger partial charge in [-0.15, -0.1) is 0 Å². The van der Waals surface area contributed by atoms with Crippen LogP contribution in [-0.2, 0) is 13.0 Å². The van der Waals surface area contributed by atoms with Crippen molar-refractivity contribution in [2.45, 2.75) is 33.7 Å². The summed E-state index contributed by atoms with van der Waals surface area (Å²) in [5.41, 5.74) is 9.75. The van der Waals surface area contributed by atoms with E-state index in [2.05, 4.69) is 32.2 Å². The number of hydrogen-bond acceptors (Lipinski definition) is 5. The van der Waals surface area contributed by atoms with E-state index in [0.717, 1.165) is 34.9 Å². The van der Waals surface area contributed by atoms with Gasteiger partial charge in [-0.25, -0.2) is 9.97 Å². The van der Waals surface area contributed by atoms with Crippen molar-refractivity contribution >= 4 is 11.8 Å². The maximum absolute atomic E-state index is 5.70. The zero-order chi connectivity index (χ0) is 13.1. The Hall–Kier alpha value is -2.11. The summed E-state index contributed by atoms with van der Waals surface area (Å²) in [6.07, 6.45) is 2.53. The van der Waals surface area contributed by atoms with E-state index in [1.807, 2.05) is 13.8 Å². The highest BCUT2D eigenvalue weighted by atomic mass is 15.1. The minimum Gasteiger partial charge on any atom is -0.368 e. The number of rotatable bonds is 4. The Kier molecular flexibility index (Phi) is 3.45. The third kappa shape index (κ3) is 2.42. The van der Waals surface area contributed by atoms with Crippen molar-refractivity contribution in [3.63, 3.8) is 0 Å². The summed E-state index contributed by atoms with van der Waals surface area (Å²) in [5, 5.41) is 3.26. The number of hydrogen-bond donors (Lipinski definition) is 3. The Labute approximate surface area is 106 Å². The summed E-state index contributed by atoms with van der Waals surface area (Å²) in [6, 6.07) is 0. The average molecular weight is 246 g/mol. The number of H-pyrrole nitrogens is 1. The number of nitrogens with one attached hydrogen (secondary N) is 2. The van der Waals surface area contributed by atoms with E-state index in [0.29, 0.717) is 12.5 Å². The van der Waals surface area contributed by atoms with Crippen LogP contribution in [0.1, 0.15) is 29.6 Å². The summed E-state index contributed by atoms with van der Waals surface area (Å²) in [7, 11) is 0. The highest BCUT2D eigenvalue weighted by Crippen LogP contribution is 2.17. The number of aromatic nitrogens is 4. The van der Waals surface area contributed by atoms with Crippen molar-refractivity contribution in [1.82, 2.24) is 19.9 Å². The molecule has 2 aromatic rings. The van der Waals surface area contributed by atoms with E-state index in [1.54, 1.807) is 6.33 Å². The van der Waals surface area contributed by atoms with Crippen molar-refractivity contribution < 1.29 is 0 Å². The van der Waals surface area contributed by atoms with Crippen LogP contribution in [0.3, 0.4) is 0 Å². The van der Waals surface area contributed by atoms with Crippen LogP contribution in [0.5, 0.6) is 0 Å². The van der Waals surface area contributed by atoms with E-state index in [-0.39, 0.29) is 0 Å². The molecule has 2 rings (SSSR count). The van der Waals surface area contributed by atoms with Crippen molar-refractivity contribution in [3.8, 4) is 0 Å².